The molecule has 1 aliphatic carbocycles. The Morgan fingerprint density at radius 3 is 1.38 bits per heavy atom. The van der Waals surface area contributed by atoms with E-state index in [2.05, 4.69) is 175 Å². The first-order valence-corrected chi connectivity index (χ1v) is 21.8. The largest absolute Gasteiger partial charge is 0.264 e. The van der Waals surface area contributed by atoms with Gasteiger partial charge in [-0.15, -0.1) is 0 Å². The fourth-order valence-electron chi connectivity index (χ4n) is 9.21. The summed E-state index contributed by atoms with van der Waals surface area (Å²) in [6.07, 6.45) is 7.44. The molecule has 0 bridgehead atoms. The van der Waals surface area contributed by atoms with Crippen LogP contribution in [0.5, 0.6) is 0 Å². The van der Waals surface area contributed by atoms with Gasteiger partial charge in [-0.25, -0.2) is 9.97 Å². The maximum absolute atomic E-state index is 9.80. The summed E-state index contributed by atoms with van der Waals surface area (Å²) in [5, 5.41) is 9.80. The van der Waals surface area contributed by atoms with Gasteiger partial charge in [0.15, 0.2) is 5.82 Å². The Bertz CT molecular complexity index is 3370. The molecule has 0 spiro atoms. The molecule has 0 saturated carbocycles. The number of nitrogens with zero attached hydrogens (tertiary/aromatic N) is 5. The monoisotopic (exact) mass is 831 g/mol. The highest BCUT2D eigenvalue weighted by atomic mass is 14.9. The molecule has 5 nitrogen and oxygen atoms in total. The zero-order valence-electron chi connectivity index (χ0n) is 35.9. The topological polar surface area (TPSA) is 75.3 Å². The second-order valence-electron chi connectivity index (χ2n) is 17.1. The number of fused-ring (bicyclic) bond motifs is 3. The van der Waals surface area contributed by atoms with Crippen LogP contribution in [-0.2, 0) is 5.41 Å². The van der Waals surface area contributed by atoms with Crippen LogP contribution in [0.2, 0.25) is 0 Å². The van der Waals surface area contributed by atoms with Crippen molar-refractivity contribution in [3.63, 3.8) is 0 Å². The second kappa shape index (κ2) is 16.3. The fraction of sp³-hybridized carbons (Fsp3) is 0.0500. The van der Waals surface area contributed by atoms with Gasteiger partial charge in [0.1, 0.15) is 0 Å². The first kappa shape index (κ1) is 39.3. The number of benzene rings is 7. The summed E-state index contributed by atoms with van der Waals surface area (Å²) in [5.41, 5.74) is 20.5. The molecule has 0 atom stereocenters. The van der Waals surface area contributed by atoms with E-state index in [1.54, 1.807) is 12.4 Å². The van der Waals surface area contributed by atoms with E-state index < -0.39 is 0 Å². The van der Waals surface area contributed by atoms with Crippen LogP contribution in [-0.4, -0.2) is 19.9 Å². The number of hydrogen-bond acceptors (Lipinski definition) is 5. The van der Waals surface area contributed by atoms with E-state index in [1.807, 2.05) is 54.9 Å². The lowest BCUT2D eigenvalue weighted by atomic mass is 9.81. The Morgan fingerprint density at radius 2 is 0.815 bits per heavy atom. The Kier molecular flexibility index (Phi) is 9.83. The van der Waals surface area contributed by atoms with Gasteiger partial charge in [-0.05, 0) is 140 Å². The van der Waals surface area contributed by atoms with Crippen molar-refractivity contribution in [2.75, 3.05) is 0 Å². The molecule has 10 aromatic rings. The van der Waals surface area contributed by atoms with Crippen LogP contribution in [0.15, 0.2) is 213 Å². The van der Waals surface area contributed by atoms with E-state index in [0.717, 1.165) is 78.1 Å². The predicted molar refractivity (Wildman–Crippen MR) is 263 cm³/mol. The number of pyridine rings is 2. The van der Waals surface area contributed by atoms with E-state index in [0.29, 0.717) is 11.4 Å². The van der Waals surface area contributed by atoms with Crippen molar-refractivity contribution in [2.24, 2.45) is 0 Å². The molecule has 0 saturated heterocycles. The van der Waals surface area contributed by atoms with Crippen molar-refractivity contribution in [3.05, 3.63) is 230 Å². The molecule has 306 valence electrons. The van der Waals surface area contributed by atoms with Crippen LogP contribution >= 0.6 is 0 Å². The lowest BCUT2D eigenvalue weighted by Crippen LogP contribution is -2.15. The molecular weight excluding hydrogens is 791 g/mol. The standard InChI is InChI=1S/C60H41N5/c1-60(2)55-27-39(36-61)17-23-53(55)54-24-22-44(34-56(54)60)47-28-51(50-30-48(45-15-9-25-62-37-45)29-49(31-50)46-16-10-26-63-38-46)33-52(32-47)58-35-57(64-59(65-58)43-13-7-4-8-14-43)42-20-18-41(19-21-42)40-11-5-3-6-12-40/h3-35,37-38H,1-2H3. The Labute approximate surface area is 379 Å². The summed E-state index contributed by atoms with van der Waals surface area (Å²) in [6.45, 7) is 4.52. The van der Waals surface area contributed by atoms with E-state index in [9.17, 15) is 5.26 Å². The quantitative estimate of drug-likeness (QED) is 0.152. The Morgan fingerprint density at radius 1 is 0.369 bits per heavy atom. The Hall–Kier alpha value is -8.59. The highest BCUT2D eigenvalue weighted by molar-refractivity contribution is 5.89. The lowest BCUT2D eigenvalue weighted by molar-refractivity contribution is 0.660. The first-order chi connectivity index (χ1) is 31.9. The van der Waals surface area contributed by atoms with Crippen molar-refractivity contribution < 1.29 is 0 Å². The fourth-order valence-corrected chi connectivity index (χ4v) is 9.21. The van der Waals surface area contributed by atoms with Crippen molar-refractivity contribution in [2.45, 2.75) is 19.3 Å². The van der Waals surface area contributed by atoms with Crippen LogP contribution in [0.3, 0.4) is 0 Å². The van der Waals surface area contributed by atoms with Gasteiger partial charge < -0.3 is 0 Å². The van der Waals surface area contributed by atoms with Gasteiger partial charge >= 0.3 is 0 Å². The summed E-state index contributed by atoms with van der Waals surface area (Å²) in [7, 11) is 0. The maximum Gasteiger partial charge on any atom is 0.160 e. The van der Waals surface area contributed by atoms with Crippen molar-refractivity contribution in [1.29, 1.82) is 5.26 Å². The van der Waals surface area contributed by atoms with Crippen LogP contribution in [0, 0.1) is 11.3 Å². The van der Waals surface area contributed by atoms with Gasteiger partial charge in [0.25, 0.3) is 0 Å². The van der Waals surface area contributed by atoms with E-state index in [-0.39, 0.29) is 5.41 Å². The average molecular weight is 832 g/mol. The molecule has 0 radical (unpaired) electrons. The minimum Gasteiger partial charge on any atom is -0.264 e. The van der Waals surface area contributed by atoms with Crippen molar-refractivity contribution >= 4 is 0 Å². The maximum atomic E-state index is 9.80. The second-order valence-corrected chi connectivity index (χ2v) is 17.1. The van der Waals surface area contributed by atoms with E-state index in [4.69, 9.17) is 9.97 Å². The minimum atomic E-state index is -0.299. The van der Waals surface area contributed by atoms with Crippen LogP contribution in [0.1, 0.15) is 30.5 Å². The smallest absolute Gasteiger partial charge is 0.160 e. The highest BCUT2D eigenvalue weighted by Gasteiger charge is 2.36. The summed E-state index contributed by atoms with van der Waals surface area (Å²) < 4.78 is 0. The summed E-state index contributed by atoms with van der Waals surface area (Å²) >= 11 is 0. The molecule has 3 aromatic heterocycles. The van der Waals surface area contributed by atoms with Crippen molar-refractivity contribution in [3.8, 4) is 107 Å². The van der Waals surface area contributed by atoms with Crippen LogP contribution in [0.4, 0.5) is 0 Å². The third-order valence-electron chi connectivity index (χ3n) is 12.7. The molecule has 0 amide bonds. The third kappa shape index (κ3) is 7.48. The Balaban J connectivity index is 1.12. The predicted octanol–water partition coefficient (Wildman–Crippen LogP) is 14.8. The zero-order chi connectivity index (χ0) is 43.9. The molecule has 7 aromatic carbocycles. The molecule has 11 rings (SSSR count). The molecule has 0 aliphatic heterocycles. The molecule has 1 aliphatic rings. The average Bonchev–Trinajstić information content (AvgIpc) is 3.61. The normalized spacial score (nSPS) is 12.3. The number of nitriles is 1. The van der Waals surface area contributed by atoms with E-state index >= 15 is 0 Å². The molecular formula is C60H41N5. The van der Waals surface area contributed by atoms with Crippen LogP contribution < -0.4 is 0 Å². The number of rotatable bonds is 8. The molecule has 65 heavy (non-hydrogen) atoms. The molecule has 0 unspecified atom stereocenters. The molecule has 0 fully saturated rings. The van der Waals surface area contributed by atoms with Gasteiger partial charge in [-0.3, -0.25) is 9.97 Å². The summed E-state index contributed by atoms with van der Waals surface area (Å²) in [6, 6.07) is 68.3. The van der Waals surface area contributed by atoms with Gasteiger partial charge in [-0.2, -0.15) is 5.26 Å². The summed E-state index contributed by atoms with van der Waals surface area (Å²) in [5.74, 6) is 0.656. The molecule has 3 heterocycles. The zero-order valence-corrected chi connectivity index (χ0v) is 35.9. The van der Waals surface area contributed by atoms with Crippen molar-refractivity contribution in [1.82, 2.24) is 19.9 Å². The number of hydrogen-bond donors (Lipinski definition) is 0. The highest BCUT2D eigenvalue weighted by Crippen LogP contribution is 2.50. The molecule has 5 heteroatoms. The summed E-state index contributed by atoms with van der Waals surface area (Å²) in [4.78, 5) is 19.5. The number of aromatic nitrogens is 4. The first-order valence-electron chi connectivity index (χ1n) is 21.8. The van der Waals surface area contributed by atoms with Gasteiger partial charge in [0.05, 0.1) is 23.0 Å². The van der Waals surface area contributed by atoms with E-state index in [1.165, 1.54) is 27.8 Å². The van der Waals surface area contributed by atoms with Gasteiger partial charge in [-0.1, -0.05) is 129 Å². The van der Waals surface area contributed by atoms with Crippen LogP contribution in [0.25, 0.3) is 101 Å². The SMILES string of the molecule is CC1(C)c2cc(C#N)ccc2-c2ccc(-c3cc(-c4cc(-c5cccnc5)cc(-c5cccnc5)c4)cc(-c4cc(-c5ccc(-c6ccccc6)cc5)nc(-c5ccccc5)n4)c3)cc21. The van der Waals surface area contributed by atoms with Gasteiger partial charge in [0.2, 0.25) is 0 Å². The third-order valence-corrected chi connectivity index (χ3v) is 12.7. The lowest BCUT2D eigenvalue weighted by Gasteiger charge is -2.22. The minimum absolute atomic E-state index is 0.299. The molecule has 0 N–H and O–H groups in total. The van der Waals surface area contributed by atoms with Gasteiger partial charge in [0, 0.05) is 58.0 Å².